The first kappa shape index (κ1) is 7.79. The lowest BCUT2D eigenvalue weighted by molar-refractivity contribution is 0.576. The summed E-state index contributed by atoms with van der Waals surface area (Å²) in [6.45, 7) is 0.934. The van der Waals surface area contributed by atoms with Crippen LogP contribution in [-0.2, 0) is 6.54 Å². The van der Waals surface area contributed by atoms with Gasteiger partial charge in [-0.2, -0.15) is 5.10 Å². The Morgan fingerprint density at radius 1 is 1.50 bits per heavy atom. The van der Waals surface area contributed by atoms with Crippen molar-refractivity contribution in [2.45, 2.75) is 19.4 Å². The van der Waals surface area contributed by atoms with Crippen molar-refractivity contribution in [2.24, 2.45) is 5.92 Å². The van der Waals surface area contributed by atoms with Crippen LogP contribution in [0.25, 0.3) is 11.0 Å². The molecule has 0 aliphatic heterocycles. The number of aromatic amines is 1. The molecule has 1 aliphatic rings. The Morgan fingerprint density at radius 3 is 3.14 bits per heavy atom. The van der Waals surface area contributed by atoms with Gasteiger partial charge in [-0.25, -0.2) is 4.68 Å². The maximum absolute atomic E-state index is 11.1. The van der Waals surface area contributed by atoms with Crippen molar-refractivity contribution in [2.75, 3.05) is 0 Å². The van der Waals surface area contributed by atoms with Gasteiger partial charge in [0.15, 0.2) is 0 Å². The number of hydrogen-bond donors (Lipinski definition) is 1. The third-order valence-electron chi connectivity index (χ3n) is 2.65. The van der Waals surface area contributed by atoms with Crippen LogP contribution < -0.4 is 5.56 Å². The van der Waals surface area contributed by atoms with Crippen LogP contribution in [0, 0.1) is 5.92 Å². The first-order valence-corrected chi connectivity index (χ1v) is 4.88. The number of nitrogens with zero attached hydrogens (tertiary/aromatic N) is 2. The molecule has 2 aromatic heterocycles. The van der Waals surface area contributed by atoms with Crippen LogP contribution in [0.3, 0.4) is 0 Å². The number of hydrogen-bond acceptors (Lipinski definition) is 2. The minimum Gasteiger partial charge on any atom is -0.307 e. The van der Waals surface area contributed by atoms with Crippen LogP contribution in [0.15, 0.2) is 23.1 Å². The lowest BCUT2D eigenvalue weighted by Crippen LogP contribution is -2.08. The average Bonchev–Trinajstić information content (AvgIpc) is 2.90. The zero-order chi connectivity index (χ0) is 9.54. The number of aromatic nitrogens is 3. The molecule has 72 valence electrons. The van der Waals surface area contributed by atoms with Crippen molar-refractivity contribution in [3.8, 4) is 0 Å². The summed E-state index contributed by atoms with van der Waals surface area (Å²) in [5, 5.41) is 5.27. The van der Waals surface area contributed by atoms with Crippen LogP contribution in [0.5, 0.6) is 0 Å². The van der Waals surface area contributed by atoms with Gasteiger partial charge in [0, 0.05) is 18.0 Å². The van der Waals surface area contributed by atoms with E-state index in [2.05, 4.69) is 10.1 Å². The fraction of sp³-hybridized carbons (Fsp3) is 0.400. The summed E-state index contributed by atoms with van der Waals surface area (Å²) in [5.41, 5.74) is 0.791. The predicted octanol–water partition coefficient (Wildman–Crippen LogP) is 1.13. The average molecular weight is 189 g/mol. The Hall–Kier alpha value is -1.58. The van der Waals surface area contributed by atoms with Gasteiger partial charge < -0.3 is 4.98 Å². The molecule has 0 radical (unpaired) electrons. The highest BCUT2D eigenvalue weighted by Crippen LogP contribution is 2.30. The van der Waals surface area contributed by atoms with Crippen molar-refractivity contribution in [1.29, 1.82) is 0 Å². The second-order valence-electron chi connectivity index (χ2n) is 3.90. The van der Waals surface area contributed by atoms with Crippen molar-refractivity contribution >= 4 is 11.0 Å². The molecular formula is C10H11N3O. The van der Waals surface area contributed by atoms with Gasteiger partial charge in [0.05, 0.1) is 6.20 Å². The summed E-state index contributed by atoms with van der Waals surface area (Å²) in [5.74, 6) is 0.766. The van der Waals surface area contributed by atoms with E-state index >= 15 is 0 Å². The van der Waals surface area contributed by atoms with Crippen LogP contribution in [0.4, 0.5) is 0 Å². The zero-order valence-corrected chi connectivity index (χ0v) is 7.73. The Morgan fingerprint density at radius 2 is 2.36 bits per heavy atom. The molecule has 1 saturated carbocycles. The van der Waals surface area contributed by atoms with Gasteiger partial charge in [0.25, 0.3) is 0 Å². The fourth-order valence-corrected chi connectivity index (χ4v) is 1.67. The topological polar surface area (TPSA) is 50.7 Å². The van der Waals surface area contributed by atoms with Crippen LogP contribution >= 0.6 is 0 Å². The Balaban J connectivity index is 2.13. The van der Waals surface area contributed by atoms with E-state index < -0.39 is 0 Å². The van der Waals surface area contributed by atoms with E-state index in [4.69, 9.17) is 0 Å². The zero-order valence-electron chi connectivity index (χ0n) is 7.73. The maximum Gasteiger partial charge on any atom is 0.249 e. The molecule has 0 amide bonds. The SMILES string of the molecule is O=c1ccc2cnn(CC3CC3)c2[nH]1. The van der Waals surface area contributed by atoms with E-state index in [-0.39, 0.29) is 5.56 Å². The summed E-state index contributed by atoms with van der Waals surface area (Å²) >= 11 is 0. The highest BCUT2D eigenvalue weighted by atomic mass is 16.1. The van der Waals surface area contributed by atoms with E-state index in [0.29, 0.717) is 0 Å². The maximum atomic E-state index is 11.1. The summed E-state index contributed by atoms with van der Waals surface area (Å²) in [7, 11) is 0. The van der Waals surface area contributed by atoms with Gasteiger partial charge in [-0.3, -0.25) is 4.79 Å². The van der Waals surface area contributed by atoms with Crippen LogP contribution in [-0.4, -0.2) is 14.8 Å². The van der Waals surface area contributed by atoms with E-state index in [1.807, 2.05) is 10.7 Å². The number of pyridine rings is 1. The molecule has 0 bridgehead atoms. The lowest BCUT2D eigenvalue weighted by atomic mass is 10.3. The smallest absolute Gasteiger partial charge is 0.249 e. The minimum absolute atomic E-state index is 0.0601. The van der Waals surface area contributed by atoms with Crippen LogP contribution in [0.1, 0.15) is 12.8 Å². The van der Waals surface area contributed by atoms with E-state index in [1.165, 1.54) is 18.9 Å². The van der Waals surface area contributed by atoms with Gasteiger partial charge in [-0.05, 0) is 24.8 Å². The normalized spacial score (nSPS) is 16.3. The second-order valence-corrected chi connectivity index (χ2v) is 3.90. The number of fused-ring (bicyclic) bond motifs is 1. The highest BCUT2D eigenvalue weighted by molar-refractivity contribution is 5.73. The van der Waals surface area contributed by atoms with Crippen molar-refractivity contribution in [3.05, 3.63) is 28.7 Å². The van der Waals surface area contributed by atoms with Gasteiger partial charge in [0.2, 0.25) is 5.56 Å². The summed E-state index contributed by atoms with van der Waals surface area (Å²) in [6, 6.07) is 3.34. The third kappa shape index (κ3) is 1.23. The van der Waals surface area contributed by atoms with E-state index in [9.17, 15) is 4.79 Å². The molecule has 0 saturated heterocycles. The predicted molar refractivity (Wildman–Crippen MR) is 53.1 cm³/mol. The van der Waals surface area contributed by atoms with Crippen molar-refractivity contribution < 1.29 is 0 Å². The molecule has 1 N–H and O–H groups in total. The van der Waals surface area contributed by atoms with Gasteiger partial charge >= 0.3 is 0 Å². The highest BCUT2D eigenvalue weighted by Gasteiger charge is 2.22. The molecule has 4 heteroatoms. The Labute approximate surface area is 80.6 Å². The largest absolute Gasteiger partial charge is 0.307 e. The van der Waals surface area contributed by atoms with Crippen molar-refractivity contribution in [3.63, 3.8) is 0 Å². The summed E-state index contributed by atoms with van der Waals surface area (Å²) in [4.78, 5) is 14.0. The molecule has 2 aromatic rings. The summed E-state index contributed by atoms with van der Waals surface area (Å²) in [6.07, 6.45) is 4.38. The summed E-state index contributed by atoms with van der Waals surface area (Å²) < 4.78 is 1.90. The Bertz CT molecular complexity index is 521. The molecule has 0 atom stereocenters. The number of H-pyrrole nitrogens is 1. The molecule has 0 unspecified atom stereocenters. The molecule has 14 heavy (non-hydrogen) atoms. The van der Waals surface area contributed by atoms with Gasteiger partial charge in [-0.1, -0.05) is 0 Å². The first-order chi connectivity index (χ1) is 6.83. The van der Waals surface area contributed by atoms with Crippen molar-refractivity contribution in [1.82, 2.24) is 14.8 Å². The van der Waals surface area contributed by atoms with E-state index in [0.717, 1.165) is 23.5 Å². The fourth-order valence-electron chi connectivity index (χ4n) is 1.67. The van der Waals surface area contributed by atoms with Gasteiger partial charge in [0.1, 0.15) is 5.65 Å². The molecule has 1 aliphatic carbocycles. The second kappa shape index (κ2) is 2.70. The Kier molecular flexibility index (Phi) is 1.50. The molecule has 0 aromatic carbocycles. The monoisotopic (exact) mass is 189 g/mol. The third-order valence-corrected chi connectivity index (χ3v) is 2.65. The quantitative estimate of drug-likeness (QED) is 0.770. The first-order valence-electron chi connectivity index (χ1n) is 4.88. The number of nitrogens with one attached hydrogen (secondary N) is 1. The molecular weight excluding hydrogens is 178 g/mol. The standard InChI is InChI=1S/C10H11N3O/c14-9-4-3-8-5-11-13(10(8)12-9)6-7-1-2-7/h3-5,7H,1-2,6H2,(H,12,14). The van der Waals surface area contributed by atoms with E-state index in [1.54, 1.807) is 6.20 Å². The lowest BCUT2D eigenvalue weighted by Gasteiger charge is -1.99. The van der Waals surface area contributed by atoms with Crippen LogP contribution in [0.2, 0.25) is 0 Å². The molecule has 1 fully saturated rings. The molecule has 2 heterocycles. The molecule has 0 spiro atoms. The molecule has 3 rings (SSSR count). The minimum atomic E-state index is -0.0601. The molecule has 4 nitrogen and oxygen atoms in total. The number of rotatable bonds is 2. The van der Waals surface area contributed by atoms with Gasteiger partial charge in [-0.15, -0.1) is 0 Å².